The topological polar surface area (TPSA) is 34.4 Å². The summed E-state index contributed by atoms with van der Waals surface area (Å²) in [6.45, 7) is 4.40. The Morgan fingerprint density at radius 3 is 2.79 bits per heavy atom. The average Bonchev–Trinajstić information content (AvgIpc) is 2.91. The second kappa shape index (κ2) is 7.55. The van der Waals surface area contributed by atoms with Gasteiger partial charge in [0.1, 0.15) is 0 Å². The molecule has 0 radical (unpaired) electrons. The van der Waals surface area contributed by atoms with Gasteiger partial charge in [-0.1, -0.05) is 63.7 Å². The number of hydrogen-bond acceptors (Lipinski definition) is 2. The highest BCUT2D eigenvalue weighted by Gasteiger charge is 2.06. The molecule has 120 valence electrons. The smallest absolute Gasteiger partial charge is 0.272 e. The molecular weight excluding hydrogens is 384 g/mol. The molecule has 5 heteroatoms. The first kappa shape index (κ1) is 16.6. The molecule has 3 nitrogen and oxygen atoms in total. The standard InChI is InChI=1S/C19H15BrN2OS/c1-2-12-22-16-10-9-15(20)13-17(16)24-19(22)21-18(23)11-8-14-6-4-3-5-7-14/h2-11,13H,1,12H2/b11-8+,21-19?. The van der Waals surface area contributed by atoms with Crippen molar-refractivity contribution in [3.05, 3.63) is 82.1 Å². The molecule has 2 aromatic carbocycles. The van der Waals surface area contributed by atoms with Gasteiger partial charge in [-0.15, -0.1) is 6.58 Å². The number of benzene rings is 2. The summed E-state index contributed by atoms with van der Waals surface area (Å²) in [5.74, 6) is -0.276. The van der Waals surface area contributed by atoms with Crippen molar-refractivity contribution >= 4 is 49.5 Å². The van der Waals surface area contributed by atoms with Gasteiger partial charge in [0.2, 0.25) is 0 Å². The lowest BCUT2D eigenvalue weighted by Gasteiger charge is -2.00. The van der Waals surface area contributed by atoms with Crippen LogP contribution >= 0.6 is 27.3 Å². The molecule has 0 saturated carbocycles. The fourth-order valence-electron chi connectivity index (χ4n) is 2.30. The lowest BCUT2D eigenvalue weighted by Crippen LogP contribution is -2.15. The summed E-state index contributed by atoms with van der Waals surface area (Å²) in [7, 11) is 0. The maximum Gasteiger partial charge on any atom is 0.272 e. The molecule has 0 aliphatic rings. The predicted octanol–water partition coefficient (Wildman–Crippen LogP) is 4.79. The quantitative estimate of drug-likeness (QED) is 0.459. The Labute approximate surface area is 152 Å². The van der Waals surface area contributed by atoms with Crippen molar-refractivity contribution in [1.29, 1.82) is 0 Å². The molecule has 0 atom stereocenters. The number of nitrogens with zero attached hydrogens (tertiary/aromatic N) is 2. The van der Waals surface area contributed by atoms with Gasteiger partial charge in [-0.05, 0) is 29.8 Å². The van der Waals surface area contributed by atoms with Crippen molar-refractivity contribution in [2.75, 3.05) is 0 Å². The molecule has 0 unspecified atom stereocenters. The van der Waals surface area contributed by atoms with Crippen molar-refractivity contribution in [1.82, 2.24) is 4.57 Å². The molecule has 0 fully saturated rings. The van der Waals surface area contributed by atoms with Gasteiger partial charge in [0.05, 0.1) is 10.2 Å². The summed E-state index contributed by atoms with van der Waals surface area (Å²) >= 11 is 4.97. The summed E-state index contributed by atoms with van der Waals surface area (Å²) in [5, 5.41) is 0. The van der Waals surface area contributed by atoms with E-state index < -0.39 is 0 Å². The third kappa shape index (κ3) is 3.80. The molecule has 1 aromatic heterocycles. The van der Waals surface area contributed by atoms with E-state index in [1.165, 1.54) is 17.4 Å². The van der Waals surface area contributed by atoms with Gasteiger partial charge in [0.25, 0.3) is 5.91 Å². The summed E-state index contributed by atoms with van der Waals surface area (Å²) in [4.78, 5) is 17.1. The molecule has 0 aliphatic carbocycles. The number of carbonyl (C=O) groups excluding carboxylic acids is 1. The van der Waals surface area contributed by atoms with E-state index in [1.807, 2.05) is 53.1 Å². The molecule has 0 bridgehead atoms. The van der Waals surface area contributed by atoms with Crippen LogP contribution in [0.15, 0.2) is 76.7 Å². The van der Waals surface area contributed by atoms with Crippen LogP contribution < -0.4 is 4.80 Å². The molecule has 24 heavy (non-hydrogen) atoms. The fraction of sp³-hybridized carbons (Fsp3) is 0.0526. The third-order valence-corrected chi connectivity index (χ3v) is 4.91. The lowest BCUT2D eigenvalue weighted by atomic mass is 10.2. The van der Waals surface area contributed by atoms with E-state index in [0.717, 1.165) is 20.3 Å². The second-order valence-corrected chi connectivity index (χ2v) is 7.01. The van der Waals surface area contributed by atoms with Crippen LogP contribution in [0.5, 0.6) is 0 Å². The molecule has 3 aromatic rings. The Morgan fingerprint density at radius 2 is 2.04 bits per heavy atom. The molecule has 3 rings (SSSR count). The minimum absolute atomic E-state index is 0.276. The van der Waals surface area contributed by atoms with Gasteiger partial charge in [-0.3, -0.25) is 4.79 Å². The Kier molecular flexibility index (Phi) is 5.23. The van der Waals surface area contributed by atoms with E-state index in [2.05, 4.69) is 27.5 Å². The minimum atomic E-state index is -0.276. The van der Waals surface area contributed by atoms with Crippen LogP contribution in [0, 0.1) is 0 Å². The van der Waals surface area contributed by atoms with Crippen molar-refractivity contribution in [3.8, 4) is 0 Å². The summed E-state index contributed by atoms with van der Waals surface area (Å²) < 4.78 is 4.07. The summed E-state index contributed by atoms with van der Waals surface area (Å²) in [5.41, 5.74) is 2.02. The van der Waals surface area contributed by atoms with Crippen molar-refractivity contribution in [2.45, 2.75) is 6.54 Å². The minimum Gasteiger partial charge on any atom is -0.312 e. The molecule has 0 saturated heterocycles. The SMILES string of the molecule is C=CCn1c(=NC(=O)/C=C/c2ccccc2)sc2cc(Br)ccc21. The van der Waals surface area contributed by atoms with Crippen LogP contribution in [-0.4, -0.2) is 10.5 Å². The number of allylic oxidation sites excluding steroid dienone is 1. The van der Waals surface area contributed by atoms with Crippen molar-refractivity contribution in [2.24, 2.45) is 4.99 Å². The zero-order valence-corrected chi connectivity index (χ0v) is 15.3. The number of halogens is 1. The monoisotopic (exact) mass is 398 g/mol. The number of thiazole rings is 1. The summed E-state index contributed by atoms with van der Waals surface area (Å²) in [6.07, 6.45) is 5.07. The van der Waals surface area contributed by atoms with Gasteiger partial charge in [0, 0.05) is 17.1 Å². The van der Waals surface area contributed by atoms with Crippen LogP contribution in [0.4, 0.5) is 0 Å². The Hall–Kier alpha value is -2.24. The van der Waals surface area contributed by atoms with Crippen LogP contribution in [0.1, 0.15) is 5.56 Å². The van der Waals surface area contributed by atoms with E-state index in [1.54, 1.807) is 12.2 Å². The van der Waals surface area contributed by atoms with E-state index in [9.17, 15) is 4.79 Å². The normalized spacial score (nSPS) is 12.1. The highest BCUT2D eigenvalue weighted by atomic mass is 79.9. The van der Waals surface area contributed by atoms with Crippen LogP contribution in [0.2, 0.25) is 0 Å². The van der Waals surface area contributed by atoms with Crippen LogP contribution in [-0.2, 0) is 11.3 Å². The van der Waals surface area contributed by atoms with Crippen molar-refractivity contribution < 1.29 is 4.79 Å². The molecule has 1 heterocycles. The zero-order valence-electron chi connectivity index (χ0n) is 12.9. The predicted molar refractivity (Wildman–Crippen MR) is 104 cm³/mol. The molecule has 0 N–H and O–H groups in total. The van der Waals surface area contributed by atoms with E-state index in [4.69, 9.17) is 0 Å². The number of aromatic nitrogens is 1. The van der Waals surface area contributed by atoms with Crippen LogP contribution in [0.3, 0.4) is 0 Å². The number of rotatable bonds is 4. The largest absolute Gasteiger partial charge is 0.312 e. The van der Waals surface area contributed by atoms with Gasteiger partial charge in [-0.2, -0.15) is 4.99 Å². The maximum atomic E-state index is 12.2. The first-order valence-corrected chi connectivity index (χ1v) is 9.00. The number of fused-ring (bicyclic) bond motifs is 1. The highest BCUT2D eigenvalue weighted by Crippen LogP contribution is 2.22. The highest BCUT2D eigenvalue weighted by molar-refractivity contribution is 9.10. The van der Waals surface area contributed by atoms with Gasteiger partial charge >= 0.3 is 0 Å². The van der Waals surface area contributed by atoms with Crippen molar-refractivity contribution in [3.63, 3.8) is 0 Å². The molecular formula is C19H15BrN2OS. The van der Waals surface area contributed by atoms with Gasteiger partial charge in [-0.25, -0.2) is 0 Å². The number of hydrogen-bond donors (Lipinski definition) is 0. The fourth-order valence-corrected chi connectivity index (χ4v) is 3.90. The first-order chi connectivity index (χ1) is 11.7. The van der Waals surface area contributed by atoms with E-state index >= 15 is 0 Å². The van der Waals surface area contributed by atoms with E-state index in [-0.39, 0.29) is 5.91 Å². The average molecular weight is 399 g/mol. The summed E-state index contributed by atoms with van der Waals surface area (Å²) in [6, 6.07) is 15.7. The first-order valence-electron chi connectivity index (χ1n) is 7.39. The Bertz CT molecular complexity index is 984. The Morgan fingerprint density at radius 1 is 1.25 bits per heavy atom. The molecule has 0 spiro atoms. The van der Waals surface area contributed by atoms with Gasteiger partial charge < -0.3 is 4.57 Å². The third-order valence-electron chi connectivity index (χ3n) is 3.38. The van der Waals surface area contributed by atoms with Crippen LogP contribution in [0.25, 0.3) is 16.3 Å². The lowest BCUT2D eigenvalue weighted by molar-refractivity contribution is -0.113. The maximum absolute atomic E-state index is 12.2. The Balaban J connectivity index is 1.99. The zero-order chi connectivity index (χ0) is 16.9. The molecule has 0 aliphatic heterocycles. The molecule has 1 amide bonds. The van der Waals surface area contributed by atoms with Gasteiger partial charge in [0.15, 0.2) is 4.80 Å². The number of carbonyl (C=O) groups is 1. The number of amides is 1. The second-order valence-electron chi connectivity index (χ2n) is 5.09. The van der Waals surface area contributed by atoms with E-state index in [0.29, 0.717) is 11.3 Å².